The highest BCUT2D eigenvalue weighted by atomic mass is 16.5. The molecule has 1 aliphatic heterocycles. The Hall–Kier alpha value is -3.43. The minimum Gasteiger partial charge on any atom is -0.456 e. The number of hydrogen-bond acceptors (Lipinski definition) is 7. The van der Waals surface area contributed by atoms with E-state index in [-0.39, 0.29) is 11.9 Å². The van der Waals surface area contributed by atoms with Crippen LogP contribution in [0.15, 0.2) is 48.7 Å². The maximum atomic E-state index is 12.6. The Labute approximate surface area is 199 Å². The highest BCUT2D eigenvalue weighted by Crippen LogP contribution is 2.33. The number of ether oxygens (including phenoxy) is 2. The topological polar surface area (TPSA) is 95.6 Å². The summed E-state index contributed by atoms with van der Waals surface area (Å²) in [5.41, 5.74) is 1.82. The van der Waals surface area contributed by atoms with Crippen LogP contribution < -0.4 is 10.1 Å². The molecule has 9 heteroatoms. The Balaban J connectivity index is 1.38. The van der Waals surface area contributed by atoms with Crippen molar-refractivity contribution < 1.29 is 14.3 Å². The summed E-state index contributed by atoms with van der Waals surface area (Å²) < 4.78 is 11.2. The van der Waals surface area contributed by atoms with E-state index in [1.165, 1.54) is 5.56 Å². The van der Waals surface area contributed by atoms with Crippen LogP contribution in [0.3, 0.4) is 0 Å². The van der Waals surface area contributed by atoms with Gasteiger partial charge < -0.3 is 24.6 Å². The number of carbonyl (C=O) groups is 1. The lowest BCUT2D eigenvalue weighted by atomic mass is 10.2. The van der Waals surface area contributed by atoms with Crippen molar-refractivity contribution in [2.75, 3.05) is 52.3 Å². The predicted molar refractivity (Wildman–Crippen MR) is 132 cm³/mol. The number of fused-ring (bicyclic) bond motifs is 1. The number of amides is 1. The molecule has 1 fully saturated rings. The summed E-state index contributed by atoms with van der Waals surface area (Å²) >= 11 is 0. The number of rotatable bonds is 10. The molecular formula is C25H32N6O3. The molecule has 34 heavy (non-hydrogen) atoms. The average Bonchev–Trinajstić information content (AvgIpc) is 3.47. The number of carbonyl (C=O) groups excluding carboxylic acids is 1. The van der Waals surface area contributed by atoms with Crippen LogP contribution in [-0.2, 0) is 9.53 Å². The normalized spacial score (nSPS) is 16.1. The second kappa shape index (κ2) is 11.1. The Kier molecular flexibility index (Phi) is 7.76. The van der Waals surface area contributed by atoms with Gasteiger partial charge in [-0.05, 0) is 32.5 Å². The number of anilines is 1. The van der Waals surface area contributed by atoms with E-state index in [9.17, 15) is 4.79 Å². The lowest BCUT2D eigenvalue weighted by molar-refractivity contribution is -0.125. The molecule has 0 bridgehead atoms. The number of H-pyrrole nitrogens is 1. The van der Waals surface area contributed by atoms with Gasteiger partial charge in [-0.3, -0.25) is 9.89 Å². The fourth-order valence-electron chi connectivity index (χ4n) is 3.89. The smallest absolute Gasteiger partial charge is 0.246 e. The van der Waals surface area contributed by atoms with Crippen LogP contribution in [0.25, 0.3) is 11.0 Å². The van der Waals surface area contributed by atoms with Crippen LogP contribution in [0, 0.1) is 6.92 Å². The number of nitrogens with zero attached hydrogens (tertiary/aromatic N) is 4. The fraction of sp³-hybridized carbons (Fsp3) is 0.400. The van der Waals surface area contributed by atoms with Crippen molar-refractivity contribution in [1.29, 1.82) is 0 Å². The fourth-order valence-corrected chi connectivity index (χ4v) is 3.89. The molecule has 4 rings (SSSR count). The lowest BCUT2D eigenvalue weighted by Gasteiger charge is -2.16. The van der Waals surface area contributed by atoms with Crippen molar-refractivity contribution in [3.8, 4) is 11.5 Å². The van der Waals surface area contributed by atoms with Gasteiger partial charge in [-0.2, -0.15) is 5.10 Å². The zero-order valence-electron chi connectivity index (χ0n) is 20.0. The summed E-state index contributed by atoms with van der Waals surface area (Å²) in [6, 6.07) is 9.84. The molecule has 180 valence electrons. The van der Waals surface area contributed by atoms with E-state index in [0.29, 0.717) is 43.5 Å². The van der Waals surface area contributed by atoms with Gasteiger partial charge in [0.15, 0.2) is 11.5 Å². The number of likely N-dealkylation sites (tertiary alicyclic amines) is 1. The van der Waals surface area contributed by atoms with Gasteiger partial charge in [0.05, 0.1) is 6.61 Å². The minimum absolute atomic E-state index is 0.0291. The highest BCUT2D eigenvalue weighted by molar-refractivity contribution is 5.93. The SMILES string of the molecule is COCCN(C)C/C=C/C(=O)N1CC[C@@H](Nc2n[nH]c3nccc(Oc4ccc(C)cc4)c23)C1. The summed E-state index contributed by atoms with van der Waals surface area (Å²) in [5, 5.41) is 11.7. The molecule has 0 radical (unpaired) electrons. The molecule has 3 aromatic rings. The van der Waals surface area contributed by atoms with Gasteiger partial charge in [0, 0.05) is 57.7 Å². The summed E-state index contributed by atoms with van der Waals surface area (Å²) in [4.78, 5) is 20.9. The average molecular weight is 465 g/mol. The van der Waals surface area contributed by atoms with E-state index in [1.54, 1.807) is 19.4 Å². The maximum absolute atomic E-state index is 12.6. The number of hydrogen-bond donors (Lipinski definition) is 2. The third-order valence-corrected chi connectivity index (χ3v) is 5.87. The highest BCUT2D eigenvalue weighted by Gasteiger charge is 2.26. The van der Waals surface area contributed by atoms with Gasteiger partial charge in [-0.1, -0.05) is 23.8 Å². The van der Waals surface area contributed by atoms with E-state index in [0.717, 1.165) is 24.1 Å². The molecule has 9 nitrogen and oxygen atoms in total. The van der Waals surface area contributed by atoms with Crippen molar-refractivity contribution in [3.63, 3.8) is 0 Å². The molecule has 1 aromatic carbocycles. The molecule has 1 aliphatic rings. The van der Waals surface area contributed by atoms with Gasteiger partial charge in [0.1, 0.15) is 16.9 Å². The molecule has 3 heterocycles. The van der Waals surface area contributed by atoms with E-state index in [1.807, 2.05) is 55.3 Å². The molecule has 2 N–H and O–H groups in total. The van der Waals surface area contributed by atoms with Crippen molar-refractivity contribution in [1.82, 2.24) is 25.0 Å². The summed E-state index contributed by atoms with van der Waals surface area (Å²) in [5.74, 6) is 2.14. The van der Waals surface area contributed by atoms with Crippen LogP contribution in [0.2, 0.25) is 0 Å². The Morgan fingerprint density at radius 1 is 1.32 bits per heavy atom. The van der Waals surface area contributed by atoms with Crippen molar-refractivity contribution in [2.24, 2.45) is 0 Å². The first kappa shape index (κ1) is 23.7. The quantitative estimate of drug-likeness (QED) is 0.445. The van der Waals surface area contributed by atoms with E-state index >= 15 is 0 Å². The van der Waals surface area contributed by atoms with Gasteiger partial charge >= 0.3 is 0 Å². The first-order chi connectivity index (χ1) is 16.5. The second-order valence-corrected chi connectivity index (χ2v) is 8.59. The van der Waals surface area contributed by atoms with Gasteiger partial charge in [0.25, 0.3) is 0 Å². The number of aromatic amines is 1. The van der Waals surface area contributed by atoms with E-state index < -0.39 is 0 Å². The van der Waals surface area contributed by atoms with E-state index in [4.69, 9.17) is 9.47 Å². The van der Waals surface area contributed by atoms with E-state index in [2.05, 4.69) is 25.4 Å². The largest absolute Gasteiger partial charge is 0.456 e. The monoisotopic (exact) mass is 464 g/mol. The van der Waals surface area contributed by atoms with Crippen molar-refractivity contribution in [3.05, 3.63) is 54.2 Å². The molecule has 0 unspecified atom stereocenters. The molecular weight excluding hydrogens is 432 g/mol. The molecule has 0 saturated carbocycles. The third kappa shape index (κ3) is 5.92. The summed E-state index contributed by atoms with van der Waals surface area (Å²) in [6.07, 6.45) is 6.10. The number of methoxy groups -OCH3 is 1. The molecule has 0 aliphatic carbocycles. The van der Waals surface area contributed by atoms with Crippen LogP contribution in [0.5, 0.6) is 11.5 Å². The Morgan fingerprint density at radius 3 is 2.94 bits per heavy atom. The number of pyridine rings is 1. The lowest BCUT2D eigenvalue weighted by Crippen LogP contribution is -2.30. The molecule has 1 atom stereocenters. The van der Waals surface area contributed by atoms with Crippen molar-refractivity contribution >= 4 is 22.8 Å². The number of benzene rings is 1. The molecule has 2 aromatic heterocycles. The van der Waals surface area contributed by atoms with Crippen LogP contribution in [0.4, 0.5) is 5.82 Å². The Morgan fingerprint density at radius 2 is 2.15 bits per heavy atom. The first-order valence-corrected chi connectivity index (χ1v) is 11.5. The van der Waals surface area contributed by atoms with Gasteiger partial charge in [-0.25, -0.2) is 4.98 Å². The number of aromatic nitrogens is 3. The third-order valence-electron chi connectivity index (χ3n) is 5.87. The van der Waals surface area contributed by atoms with Crippen LogP contribution in [-0.4, -0.2) is 83.9 Å². The first-order valence-electron chi connectivity index (χ1n) is 11.5. The number of nitrogens with one attached hydrogen (secondary N) is 2. The van der Waals surface area contributed by atoms with Crippen LogP contribution in [0.1, 0.15) is 12.0 Å². The van der Waals surface area contributed by atoms with Gasteiger partial charge in [0.2, 0.25) is 5.91 Å². The summed E-state index contributed by atoms with van der Waals surface area (Å²) in [7, 11) is 3.69. The zero-order valence-corrected chi connectivity index (χ0v) is 20.0. The molecule has 0 spiro atoms. The minimum atomic E-state index is 0.0291. The van der Waals surface area contributed by atoms with Crippen LogP contribution >= 0.6 is 0 Å². The van der Waals surface area contributed by atoms with Crippen molar-refractivity contribution in [2.45, 2.75) is 19.4 Å². The summed E-state index contributed by atoms with van der Waals surface area (Å²) in [6.45, 7) is 5.57. The zero-order chi connectivity index (χ0) is 23.9. The number of aryl methyl sites for hydroxylation is 1. The predicted octanol–water partition coefficient (Wildman–Crippen LogP) is 3.21. The van der Waals surface area contributed by atoms with Gasteiger partial charge in [-0.15, -0.1) is 0 Å². The second-order valence-electron chi connectivity index (χ2n) is 8.59. The molecule has 1 saturated heterocycles. The Bertz CT molecular complexity index is 1130. The standard InChI is InChI=1S/C25H32N6O3/c1-18-6-8-20(9-7-18)34-21-10-12-26-24-23(21)25(29-28-24)27-19-11-14-31(17-19)22(32)5-4-13-30(2)15-16-33-3/h4-10,12,19H,11,13-17H2,1-3H3,(H2,26,27,28,29)/b5-4+/t19-/m1/s1. The number of likely N-dealkylation sites (N-methyl/N-ethyl adjacent to an activating group) is 1. The maximum Gasteiger partial charge on any atom is 0.246 e. The molecule has 1 amide bonds.